The molecule has 130 valence electrons. The molecule has 0 atom stereocenters. The quantitative estimate of drug-likeness (QED) is 0.715. The average molecular weight is 352 g/mol. The minimum atomic E-state index is 0.198. The molecule has 0 spiro atoms. The fraction of sp³-hybridized carbons (Fsp3) is 0.409. The van der Waals surface area contributed by atoms with Gasteiger partial charge in [-0.25, -0.2) is 0 Å². The lowest BCUT2D eigenvalue weighted by Crippen LogP contribution is -2.35. The summed E-state index contributed by atoms with van der Waals surface area (Å²) in [7, 11) is 0. The summed E-state index contributed by atoms with van der Waals surface area (Å²) >= 11 is 1.87. The lowest BCUT2D eigenvalue weighted by molar-refractivity contribution is 0.0724. The Morgan fingerprint density at radius 1 is 0.920 bits per heavy atom. The van der Waals surface area contributed by atoms with Gasteiger partial charge < -0.3 is 4.90 Å². The first kappa shape index (κ1) is 16.7. The molecule has 2 aromatic carbocycles. The van der Waals surface area contributed by atoms with Crippen LogP contribution in [0, 0.1) is 0 Å². The zero-order valence-corrected chi connectivity index (χ0v) is 15.5. The smallest absolute Gasteiger partial charge is 0.253 e. The lowest BCUT2D eigenvalue weighted by atomic mass is 10.1. The first-order chi connectivity index (χ1) is 12.3. The number of carbonyl (C=O) groups excluding carboxylic acids is 1. The van der Waals surface area contributed by atoms with Gasteiger partial charge in [-0.1, -0.05) is 18.2 Å². The molecule has 1 amide bonds. The van der Waals surface area contributed by atoms with E-state index in [-0.39, 0.29) is 5.91 Å². The Morgan fingerprint density at radius 3 is 2.64 bits per heavy atom. The second kappa shape index (κ2) is 7.65. The molecule has 0 aromatic heterocycles. The van der Waals surface area contributed by atoms with E-state index in [2.05, 4.69) is 30.3 Å². The summed E-state index contributed by atoms with van der Waals surface area (Å²) in [5.74, 6) is 1.11. The highest BCUT2D eigenvalue weighted by atomic mass is 32.2. The van der Waals surface area contributed by atoms with Crippen LogP contribution in [0.1, 0.15) is 52.7 Å². The van der Waals surface area contributed by atoms with Crippen LogP contribution in [0.2, 0.25) is 0 Å². The van der Waals surface area contributed by atoms with E-state index in [1.165, 1.54) is 47.3 Å². The number of hydrogen-bond acceptors (Lipinski definition) is 2. The maximum atomic E-state index is 12.7. The van der Waals surface area contributed by atoms with Gasteiger partial charge in [0, 0.05) is 29.3 Å². The van der Waals surface area contributed by atoms with Gasteiger partial charge in [0.2, 0.25) is 0 Å². The number of aryl methyl sites for hydroxylation is 2. The van der Waals surface area contributed by atoms with Crippen molar-refractivity contribution < 1.29 is 4.79 Å². The SMILES string of the molecule is O=C(c1cccc(CSc2ccc3c(c2)CCC3)c1)N1CCCCC1. The van der Waals surface area contributed by atoms with Crippen molar-refractivity contribution in [2.75, 3.05) is 13.1 Å². The van der Waals surface area contributed by atoms with Crippen molar-refractivity contribution >= 4 is 17.7 Å². The van der Waals surface area contributed by atoms with Crippen LogP contribution in [0.15, 0.2) is 47.4 Å². The van der Waals surface area contributed by atoms with Crippen LogP contribution in [0.5, 0.6) is 0 Å². The third-order valence-electron chi connectivity index (χ3n) is 5.29. The standard InChI is InChI=1S/C22H25NOS/c24-22(23-12-2-1-3-13-23)20-9-4-6-17(14-20)16-25-21-11-10-18-7-5-8-19(18)15-21/h4,6,9-11,14-15H,1-3,5,7-8,12-13,16H2. The molecule has 0 radical (unpaired) electrons. The third kappa shape index (κ3) is 3.92. The van der Waals surface area contributed by atoms with E-state index in [0.29, 0.717) is 0 Å². The Kier molecular flexibility index (Phi) is 5.12. The van der Waals surface area contributed by atoms with Crippen molar-refractivity contribution in [3.63, 3.8) is 0 Å². The highest BCUT2D eigenvalue weighted by molar-refractivity contribution is 7.98. The van der Waals surface area contributed by atoms with Gasteiger partial charge in [-0.05, 0) is 79.5 Å². The summed E-state index contributed by atoms with van der Waals surface area (Å²) in [5, 5.41) is 0. The van der Waals surface area contributed by atoms with Crippen LogP contribution >= 0.6 is 11.8 Å². The molecule has 1 aliphatic carbocycles. The molecular formula is C22H25NOS. The number of nitrogens with zero attached hydrogens (tertiary/aromatic N) is 1. The first-order valence-corrected chi connectivity index (χ1v) is 10.4. The van der Waals surface area contributed by atoms with E-state index < -0.39 is 0 Å². The second-order valence-electron chi connectivity index (χ2n) is 7.13. The Balaban J connectivity index is 1.42. The van der Waals surface area contributed by atoms with E-state index in [4.69, 9.17) is 0 Å². The largest absolute Gasteiger partial charge is 0.339 e. The van der Waals surface area contributed by atoms with E-state index in [9.17, 15) is 4.79 Å². The molecule has 1 saturated heterocycles. The fourth-order valence-electron chi connectivity index (χ4n) is 3.88. The Hall–Kier alpha value is -1.74. The van der Waals surface area contributed by atoms with Crippen LogP contribution in [0.3, 0.4) is 0 Å². The zero-order chi connectivity index (χ0) is 17.1. The van der Waals surface area contributed by atoms with Gasteiger partial charge in [0.25, 0.3) is 5.91 Å². The number of amides is 1. The summed E-state index contributed by atoms with van der Waals surface area (Å²) < 4.78 is 0. The maximum absolute atomic E-state index is 12.7. The average Bonchev–Trinajstić information content (AvgIpc) is 3.14. The summed E-state index contributed by atoms with van der Waals surface area (Å²) in [6.45, 7) is 1.82. The van der Waals surface area contributed by atoms with Crippen LogP contribution in [0.25, 0.3) is 0 Å². The molecule has 3 heteroatoms. The highest BCUT2D eigenvalue weighted by Gasteiger charge is 2.18. The van der Waals surface area contributed by atoms with Crippen molar-refractivity contribution in [1.82, 2.24) is 4.90 Å². The molecule has 0 N–H and O–H groups in total. The van der Waals surface area contributed by atoms with Crippen molar-refractivity contribution in [3.05, 3.63) is 64.7 Å². The van der Waals surface area contributed by atoms with Crippen molar-refractivity contribution in [1.29, 1.82) is 0 Å². The van der Waals surface area contributed by atoms with Gasteiger partial charge in [0.05, 0.1) is 0 Å². The summed E-state index contributed by atoms with van der Waals surface area (Å²) in [5.41, 5.74) is 5.12. The van der Waals surface area contributed by atoms with E-state index in [0.717, 1.165) is 37.2 Å². The molecule has 25 heavy (non-hydrogen) atoms. The van der Waals surface area contributed by atoms with Crippen molar-refractivity contribution in [2.45, 2.75) is 49.2 Å². The number of piperidine rings is 1. The van der Waals surface area contributed by atoms with Gasteiger partial charge >= 0.3 is 0 Å². The molecular weight excluding hydrogens is 326 g/mol. The number of rotatable bonds is 4. The van der Waals surface area contributed by atoms with Crippen molar-refractivity contribution in [3.8, 4) is 0 Å². The lowest BCUT2D eigenvalue weighted by Gasteiger charge is -2.26. The van der Waals surface area contributed by atoms with E-state index in [1.54, 1.807) is 0 Å². The fourth-order valence-corrected chi connectivity index (χ4v) is 4.78. The van der Waals surface area contributed by atoms with Crippen LogP contribution < -0.4 is 0 Å². The molecule has 1 fully saturated rings. The van der Waals surface area contributed by atoms with E-state index >= 15 is 0 Å². The molecule has 2 aliphatic rings. The number of carbonyl (C=O) groups is 1. The van der Waals surface area contributed by atoms with Crippen molar-refractivity contribution in [2.24, 2.45) is 0 Å². The molecule has 2 aromatic rings. The first-order valence-electron chi connectivity index (χ1n) is 9.42. The normalized spacial score (nSPS) is 16.7. The van der Waals surface area contributed by atoms with Gasteiger partial charge in [-0.2, -0.15) is 0 Å². The van der Waals surface area contributed by atoms with Gasteiger partial charge in [0.15, 0.2) is 0 Å². The van der Waals surface area contributed by atoms with Gasteiger partial charge in [0.1, 0.15) is 0 Å². The minimum Gasteiger partial charge on any atom is -0.339 e. The Bertz CT molecular complexity index is 764. The molecule has 4 rings (SSSR count). The maximum Gasteiger partial charge on any atom is 0.253 e. The number of likely N-dealkylation sites (tertiary alicyclic amines) is 1. The summed E-state index contributed by atoms with van der Waals surface area (Å²) in [6.07, 6.45) is 7.29. The predicted octanol–water partition coefficient (Wildman–Crippen LogP) is 5.09. The van der Waals surface area contributed by atoms with Crippen LogP contribution in [-0.2, 0) is 18.6 Å². The van der Waals surface area contributed by atoms with Gasteiger partial charge in [-0.15, -0.1) is 11.8 Å². The summed E-state index contributed by atoms with van der Waals surface area (Å²) in [6, 6.07) is 15.1. The number of thioether (sulfide) groups is 1. The molecule has 1 aliphatic heterocycles. The Morgan fingerprint density at radius 2 is 1.76 bits per heavy atom. The Labute approximate surface area is 154 Å². The third-order valence-corrected chi connectivity index (χ3v) is 6.36. The molecule has 0 bridgehead atoms. The molecule has 2 nitrogen and oxygen atoms in total. The molecule has 1 heterocycles. The van der Waals surface area contributed by atoms with Gasteiger partial charge in [-0.3, -0.25) is 4.79 Å². The number of fused-ring (bicyclic) bond motifs is 1. The topological polar surface area (TPSA) is 20.3 Å². The number of hydrogen-bond donors (Lipinski definition) is 0. The minimum absolute atomic E-state index is 0.198. The molecule has 0 unspecified atom stereocenters. The molecule has 0 saturated carbocycles. The zero-order valence-electron chi connectivity index (χ0n) is 14.7. The summed E-state index contributed by atoms with van der Waals surface area (Å²) in [4.78, 5) is 16.0. The highest BCUT2D eigenvalue weighted by Crippen LogP contribution is 2.29. The predicted molar refractivity (Wildman–Crippen MR) is 104 cm³/mol. The number of benzene rings is 2. The van der Waals surface area contributed by atoms with Crippen LogP contribution in [0.4, 0.5) is 0 Å². The second-order valence-corrected chi connectivity index (χ2v) is 8.17. The van der Waals surface area contributed by atoms with Crippen LogP contribution in [-0.4, -0.2) is 23.9 Å². The monoisotopic (exact) mass is 351 g/mol. The van der Waals surface area contributed by atoms with E-state index in [1.807, 2.05) is 28.8 Å².